The predicted molar refractivity (Wildman–Crippen MR) is 83.9 cm³/mol. The summed E-state index contributed by atoms with van der Waals surface area (Å²) in [7, 11) is 2.14. The SMILES string of the molecule is CNCC12CC3CC(C1)CC(c1ccccc1C)(C3)C2. The molecule has 0 saturated heterocycles. The van der Waals surface area contributed by atoms with E-state index in [4.69, 9.17) is 0 Å². The smallest absolute Gasteiger partial charge is 0.000533 e. The molecule has 0 aliphatic heterocycles. The van der Waals surface area contributed by atoms with Gasteiger partial charge < -0.3 is 5.32 Å². The lowest BCUT2D eigenvalue weighted by Gasteiger charge is -2.63. The van der Waals surface area contributed by atoms with Crippen molar-refractivity contribution in [2.24, 2.45) is 17.3 Å². The highest BCUT2D eigenvalue weighted by Gasteiger charge is 2.57. The third-order valence-electron chi connectivity index (χ3n) is 6.45. The van der Waals surface area contributed by atoms with E-state index in [0.29, 0.717) is 10.8 Å². The second-order valence-corrected chi connectivity index (χ2v) is 8.09. The summed E-state index contributed by atoms with van der Waals surface area (Å²) in [5.74, 6) is 1.98. The van der Waals surface area contributed by atoms with Crippen molar-refractivity contribution < 1.29 is 0 Å². The van der Waals surface area contributed by atoms with Crippen molar-refractivity contribution in [2.75, 3.05) is 13.6 Å². The Balaban J connectivity index is 1.77. The summed E-state index contributed by atoms with van der Waals surface area (Å²) in [5.41, 5.74) is 4.30. The fourth-order valence-corrected chi connectivity index (χ4v) is 6.52. The molecule has 108 valence electrons. The number of hydrogen-bond acceptors (Lipinski definition) is 1. The van der Waals surface area contributed by atoms with Crippen molar-refractivity contribution in [3.8, 4) is 0 Å². The number of hydrogen-bond donors (Lipinski definition) is 1. The second-order valence-electron chi connectivity index (χ2n) is 8.09. The molecular weight excluding hydrogens is 242 g/mol. The second kappa shape index (κ2) is 4.34. The lowest BCUT2D eigenvalue weighted by atomic mass is 9.42. The summed E-state index contributed by atoms with van der Waals surface area (Å²) in [6, 6.07) is 9.20. The van der Waals surface area contributed by atoms with Gasteiger partial charge in [-0.05, 0) is 86.3 Å². The first-order valence-corrected chi connectivity index (χ1v) is 8.36. The van der Waals surface area contributed by atoms with Gasteiger partial charge in [0.25, 0.3) is 0 Å². The van der Waals surface area contributed by atoms with Crippen LogP contribution < -0.4 is 5.32 Å². The van der Waals surface area contributed by atoms with Crippen LogP contribution in [0.5, 0.6) is 0 Å². The zero-order chi connectivity index (χ0) is 13.8. The maximum atomic E-state index is 3.51. The normalized spacial score (nSPS) is 42.1. The van der Waals surface area contributed by atoms with Crippen LogP contribution in [0.15, 0.2) is 24.3 Å². The topological polar surface area (TPSA) is 12.0 Å². The maximum absolute atomic E-state index is 3.51. The Morgan fingerprint density at radius 3 is 2.45 bits per heavy atom. The van der Waals surface area contributed by atoms with E-state index in [0.717, 1.165) is 11.8 Å². The zero-order valence-corrected chi connectivity index (χ0v) is 12.9. The van der Waals surface area contributed by atoms with Gasteiger partial charge in [0.1, 0.15) is 0 Å². The van der Waals surface area contributed by atoms with Crippen molar-refractivity contribution in [3.05, 3.63) is 35.4 Å². The Labute approximate surface area is 123 Å². The van der Waals surface area contributed by atoms with E-state index in [2.05, 4.69) is 43.6 Å². The summed E-state index contributed by atoms with van der Waals surface area (Å²) in [4.78, 5) is 0. The summed E-state index contributed by atoms with van der Waals surface area (Å²) in [6.07, 6.45) is 8.83. The number of nitrogens with one attached hydrogen (secondary N) is 1. The van der Waals surface area contributed by atoms with Gasteiger partial charge in [-0.1, -0.05) is 24.3 Å². The first-order chi connectivity index (χ1) is 9.65. The quantitative estimate of drug-likeness (QED) is 0.873. The average Bonchev–Trinajstić information content (AvgIpc) is 2.37. The molecule has 4 fully saturated rings. The molecule has 0 amide bonds. The molecule has 0 heterocycles. The van der Waals surface area contributed by atoms with Gasteiger partial charge in [-0.3, -0.25) is 0 Å². The van der Waals surface area contributed by atoms with E-state index in [1.54, 1.807) is 5.56 Å². The van der Waals surface area contributed by atoms with Gasteiger partial charge in [-0.2, -0.15) is 0 Å². The van der Waals surface area contributed by atoms with Gasteiger partial charge in [-0.25, -0.2) is 0 Å². The molecule has 4 aliphatic rings. The van der Waals surface area contributed by atoms with Crippen molar-refractivity contribution in [1.29, 1.82) is 0 Å². The van der Waals surface area contributed by atoms with E-state index >= 15 is 0 Å². The molecule has 1 heteroatoms. The molecule has 0 spiro atoms. The fraction of sp³-hybridized carbons (Fsp3) is 0.684. The predicted octanol–water partition coefficient (Wildman–Crippen LogP) is 4.05. The molecule has 0 aromatic heterocycles. The van der Waals surface area contributed by atoms with Gasteiger partial charge in [-0.15, -0.1) is 0 Å². The lowest BCUT2D eigenvalue weighted by Crippen LogP contribution is -2.56. The zero-order valence-electron chi connectivity index (χ0n) is 12.9. The first kappa shape index (κ1) is 12.9. The van der Waals surface area contributed by atoms with Gasteiger partial charge in [0.05, 0.1) is 0 Å². The maximum Gasteiger partial charge on any atom is 0.000533 e. The van der Waals surface area contributed by atoms with Crippen LogP contribution in [0, 0.1) is 24.2 Å². The molecular formula is C19H27N. The molecule has 1 aromatic rings. The number of rotatable bonds is 3. The monoisotopic (exact) mass is 269 g/mol. The van der Waals surface area contributed by atoms with E-state index in [9.17, 15) is 0 Å². The summed E-state index contributed by atoms with van der Waals surface area (Å²) < 4.78 is 0. The average molecular weight is 269 g/mol. The van der Waals surface area contributed by atoms with Gasteiger partial charge in [0, 0.05) is 6.54 Å². The highest BCUT2D eigenvalue weighted by molar-refractivity contribution is 5.36. The molecule has 1 nitrogen and oxygen atoms in total. The van der Waals surface area contributed by atoms with Crippen LogP contribution in [0.4, 0.5) is 0 Å². The van der Waals surface area contributed by atoms with Gasteiger partial charge in [0.15, 0.2) is 0 Å². The van der Waals surface area contributed by atoms with Crippen LogP contribution in [0.25, 0.3) is 0 Å². The van der Waals surface area contributed by atoms with Gasteiger partial charge in [0.2, 0.25) is 0 Å². The molecule has 20 heavy (non-hydrogen) atoms. The van der Waals surface area contributed by atoms with Crippen LogP contribution in [-0.4, -0.2) is 13.6 Å². The van der Waals surface area contributed by atoms with Crippen molar-refractivity contribution in [1.82, 2.24) is 5.32 Å². The minimum atomic E-state index is 0.506. The van der Waals surface area contributed by atoms with E-state index in [1.165, 1.54) is 50.6 Å². The standard InChI is InChI=1S/C19H27N/c1-14-5-3-4-6-17(14)19-10-15-7-16(11-19)9-18(8-15,12-19)13-20-2/h3-6,15-16,20H,7-13H2,1-2H3. The Hall–Kier alpha value is -0.820. The summed E-state index contributed by atoms with van der Waals surface area (Å²) >= 11 is 0. The highest BCUT2D eigenvalue weighted by Crippen LogP contribution is 2.65. The van der Waals surface area contributed by atoms with Crippen LogP contribution in [-0.2, 0) is 5.41 Å². The highest BCUT2D eigenvalue weighted by atomic mass is 14.8. The van der Waals surface area contributed by atoms with Crippen LogP contribution in [0.2, 0.25) is 0 Å². The Morgan fingerprint density at radius 2 is 1.80 bits per heavy atom. The number of aryl methyl sites for hydroxylation is 1. The summed E-state index contributed by atoms with van der Waals surface area (Å²) in [5, 5.41) is 3.51. The van der Waals surface area contributed by atoms with Crippen molar-refractivity contribution >= 4 is 0 Å². The van der Waals surface area contributed by atoms with Crippen molar-refractivity contribution in [3.63, 3.8) is 0 Å². The summed E-state index contributed by atoms with van der Waals surface area (Å²) in [6.45, 7) is 3.55. The van der Waals surface area contributed by atoms with Gasteiger partial charge >= 0.3 is 0 Å². The molecule has 4 aliphatic carbocycles. The third kappa shape index (κ3) is 1.79. The van der Waals surface area contributed by atoms with E-state index in [1.807, 2.05) is 0 Å². The number of benzene rings is 1. The molecule has 1 N–H and O–H groups in total. The van der Waals surface area contributed by atoms with Crippen LogP contribution >= 0.6 is 0 Å². The molecule has 1 aromatic carbocycles. The van der Waals surface area contributed by atoms with Crippen LogP contribution in [0.3, 0.4) is 0 Å². The third-order valence-corrected chi connectivity index (χ3v) is 6.45. The molecule has 0 radical (unpaired) electrons. The molecule has 2 atom stereocenters. The first-order valence-electron chi connectivity index (χ1n) is 8.36. The van der Waals surface area contributed by atoms with E-state index < -0.39 is 0 Å². The Bertz CT molecular complexity index is 504. The minimum absolute atomic E-state index is 0.506. The largest absolute Gasteiger partial charge is 0.319 e. The lowest BCUT2D eigenvalue weighted by molar-refractivity contribution is -0.0701. The van der Waals surface area contributed by atoms with Crippen LogP contribution in [0.1, 0.15) is 49.7 Å². The fourth-order valence-electron chi connectivity index (χ4n) is 6.52. The van der Waals surface area contributed by atoms with Crippen molar-refractivity contribution in [2.45, 2.75) is 50.9 Å². The molecule has 2 unspecified atom stereocenters. The Morgan fingerprint density at radius 1 is 1.10 bits per heavy atom. The molecule has 4 saturated carbocycles. The Kier molecular flexibility index (Phi) is 2.79. The van der Waals surface area contributed by atoms with E-state index in [-0.39, 0.29) is 0 Å². The molecule has 5 rings (SSSR count). The minimum Gasteiger partial charge on any atom is -0.319 e. The molecule has 4 bridgehead atoms.